The van der Waals surface area contributed by atoms with Gasteiger partial charge >= 0.3 is 6.03 Å². The van der Waals surface area contributed by atoms with Crippen LogP contribution < -0.4 is 10.6 Å². The Morgan fingerprint density at radius 3 is 2.93 bits per heavy atom. The number of aromatic nitrogens is 4. The summed E-state index contributed by atoms with van der Waals surface area (Å²) in [5.74, 6) is -0.00381. The summed E-state index contributed by atoms with van der Waals surface area (Å²) >= 11 is 1.59. The third-order valence-corrected chi connectivity index (χ3v) is 5.02. The van der Waals surface area contributed by atoms with Crippen molar-refractivity contribution >= 4 is 34.8 Å². The molecule has 0 unspecified atom stereocenters. The van der Waals surface area contributed by atoms with Crippen LogP contribution in [0.25, 0.3) is 16.9 Å². The number of hydrogen-bond acceptors (Lipinski definition) is 7. The quantitative estimate of drug-likeness (QED) is 0.632. The standard InChI is InChI=1S/C17H17N7O3S/c25-15(3-6-23-7-4-16(26)19-17(23)27)18-9-14-21-20-13-2-1-12(22-24(13)14)11-5-8-28-10-11/h1-2,5,8,10H,3-4,6-7,9H2,(H,18,25)(H,19,26,27). The van der Waals surface area contributed by atoms with Crippen LogP contribution in [-0.2, 0) is 16.1 Å². The first kappa shape index (κ1) is 18.0. The average molecular weight is 399 g/mol. The fraction of sp³-hybridized carbons (Fsp3) is 0.294. The molecule has 0 aliphatic carbocycles. The van der Waals surface area contributed by atoms with E-state index in [-0.39, 0.29) is 37.7 Å². The number of urea groups is 1. The molecule has 10 nitrogen and oxygen atoms in total. The van der Waals surface area contributed by atoms with Crippen molar-refractivity contribution in [1.82, 2.24) is 35.3 Å². The fourth-order valence-electron chi connectivity index (χ4n) is 2.82. The van der Waals surface area contributed by atoms with E-state index in [4.69, 9.17) is 0 Å². The van der Waals surface area contributed by atoms with Crippen LogP contribution in [0.5, 0.6) is 0 Å². The average Bonchev–Trinajstić information content (AvgIpc) is 3.35. The van der Waals surface area contributed by atoms with Gasteiger partial charge in [-0.25, -0.2) is 4.79 Å². The van der Waals surface area contributed by atoms with E-state index in [1.165, 1.54) is 4.90 Å². The summed E-state index contributed by atoms with van der Waals surface area (Å²) in [6.07, 6.45) is 0.378. The first-order chi connectivity index (χ1) is 13.6. The Hall–Kier alpha value is -3.34. The van der Waals surface area contributed by atoms with Gasteiger partial charge in [-0.05, 0) is 23.6 Å². The number of thiophene rings is 1. The van der Waals surface area contributed by atoms with Crippen molar-refractivity contribution in [2.45, 2.75) is 19.4 Å². The van der Waals surface area contributed by atoms with E-state index in [0.717, 1.165) is 11.3 Å². The molecular formula is C17H17N7O3S. The number of carbonyl (C=O) groups excluding carboxylic acids is 3. The van der Waals surface area contributed by atoms with Crippen molar-refractivity contribution in [2.75, 3.05) is 13.1 Å². The smallest absolute Gasteiger partial charge is 0.324 e. The second-order valence-electron chi connectivity index (χ2n) is 6.23. The lowest BCUT2D eigenvalue weighted by Crippen LogP contribution is -2.50. The number of fused-ring (bicyclic) bond motifs is 1. The third kappa shape index (κ3) is 3.83. The maximum atomic E-state index is 12.1. The Bertz CT molecular complexity index is 1030. The van der Waals surface area contributed by atoms with Crippen LogP contribution in [0.15, 0.2) is 29.0 Å². The highest BCUT2D eigenvalue weighted by atomic mass is 32.1. The molecule has 144 valence electrons. The van der Waals surface area contributed by atoms with Gasteiger partial charge < -0.3 is 10.2 Å². The minimum atomic E-state index is -0.460. The van der Waals surface area contributed by atoms with Crippen molar-refractivity contribution in [3.63, 3.8) is 0 Å². The van der Waals surface area contributed by atoms with Crippen molar-refractivity contribution in [1.29, 1.82) is 0 Å². The van der Waals surface area contributed by atoms with E-state index in [0.29, 0.717) is 18.0 Å². The number of amides is 4. The summed E-state index contributed by atoms with van der Waals surface area (Å²) in [5, 5.41) is 21.7. The maximum absolute atomic E-state index is 12.1. The van der Waals surface area contributed by atoms with Crippen LogP contribution in [0.1, 0.15) is 18.7 Å². The maximum Gasteiger partial charge on any atom is 0.324 e. The van der Waals surface area contributed by atoms with Crippen LogP contribution in [0.4, 0.5) is 4.79 Å². The topological polar surface area (TPSA) is 122 Å². The molecule has 0 saturated carbocycles. The lowest BCUT2D eigenvalue weighted by molar-refractivity contribution is -0.121. The highest BCUT2D eigenvalue weighted by Crippen LogP contribution is 2.20. The van der Waals surface area contributed by atoms with Crippen molar-refractivity contribution in [3.05, 3.63) is 34.8 Å². The van der Waals surface area contributed by atoms with Gasteiger partial charge in [0, 0.05) is 36.9 Å². The molecule has 1 saturated heterocycles. The number of hydrogen-bond donors (Lipinski definition) is 2. The molecule has 4 rings (SSSR count). The first-order valence-corrected chi connectivity index (χ1v) is 9.64. The number of nitrogens with zero attached hydrogens (tertiary/aromatic N) is 5. The molecule has 0 radical (unpaired) electrons. The number of carbonyl (C=O) groups is 3. The highest BCUT2D eigenvalue weighted by Gasteiger charge is 2.23. The molecule has 1 aliphatic rings. The predicted molar refractivity (Wildman–Crippen MR) is 100 cm³/mol. The molecule has 3 aromatic heterocycles. The first-order valence-electron chi connectivity index (χ1n) is 8.69. The Morgan fingerprint density at radius 2 is 2.14 bits per heavy atom. The summed E-state index contributed by atoms with van der Waals surface area (Å²) < 4.78 is 1.61. The Kier molecular flexibility index (Phi) is 4.98. The van der Waals surface area contributed by atoms with Crippen molar-refractivity contribution in [3.8, 4) is 11.3 Å². The van der Waals surface area contributed by atoms with Gasteiger partial charge in [-0.2, -0.15) is 21.0 Å². The van der Waals surface area contributed by atoms with Gasteiger partial charge in [0.15, 0.2) is 11.5 Å². The molecule has 3 aromatic rings. The summed E-state index contributed by atoms with van der Waals surface area (Å²) in [4.78, 5) is 36.4. The molecule has 11 heteroatoms. The third-order valence-electron chi connectivity index (χ3n) is 4.34. The molecule has 1 fully saturated rings. The van der Waals surface area contributed by atoms with E-state index in [1.54, 1.807) is 15.9 Å². The summed E-state index contributed by atoms with van der Waals surface area (Å²) in [6, 6.07) is 5.23. The zero-order chi connectivity index (χ0) is 19.5. The van der Waals surface area contributed by atoms with E-state index < -0.39 is 6.03 Å². The molecule has 0 aromatic carbocycles. The molecule has 4 heterocycles. The molecule has 0 spiro atoms. The van der Waals surface area contributed by atoms with Gasteiger partial charge in [0.05, 0.1) is 12.2 Å². The zero-order valence-corrected chi connectivity index (χ0v) is 15.6. The van der Waals surface area contributed by atoms with E-state index in [9.17, 15) is 14.4 Å². The second-order valence-corrected chi connectivity index (χ2v) is 7.01. The molecule has 0 atom stereocenters. The highest BCUT2D eigenvalue weighted by molar-refractivity contribution is 7.08. The van der Waals surface area contributed by atoms with E-state index in [1.807, 2.05) is 29.0 Å². The second kappa shape index (κ2) is 7.72. The van der Waals surface area contributed by atoms with Crippen LogP contribution in [0, 0.1) is 0 Å². The Balaban J connectivity index is 1.36. The monoisotopic (exact) mass is 399 g/mol. The SMILES string of the molecule is O=C(CCN1CCC(=O)NC1=O)NCc1nnc2ccc(-c3ccsc3)nn12. The normalized spacial score (nSPS) is 14.4. The summed E-state index contributed by atoms with van der Waals surface area (Å²) in [7, 11) is 0. The number of nitrogens with one attached hydrogen (secondary N) is 2. The molecule has 2 N–H and O–H groups in total. The van der Waals surface area contributed by atoms with Crippen LogP contribution in [-0.4, -0.2) is 55.6 Å². The van der Waals surface area contributed by atoms with Crippen molar-refractivity contribution in [2.24, 2.45) is 0 Å². The van der Waals surface area contributed by atoms with Crippen LogP contribution in [0.2, 0.25) is 0 Å². The summed E-state index contributed by atoms with van der Waals surface area (Å²) in [5.41, 5.74) is 2.40. The number of rotatable bonds is 6. The fourth-order valence-corrected chi connectivity index (χ4v) is 3.47. The molecule has 28 heavy (non-hydrogen) atoms. The predicted octanol–water partition coefficient (Wildman–Crippen LogP) is 0.801. The molecular weight excluding hydrogens is 382 g/mol. The minimum Gasteiger partial charge on any atom is -0.349 e. The van der Waals surface area contributed by atoms with Gasteiger partial charge in [-0.3, -0.25) is 14.9 Å². The lowest BCUT2D eigenvalue weighted by atomic mass is 10.2. The Labute approximate surface area is 163 Å². The van der Waals surface area contributed by atoms with Crippen LogP contribution in [0.3, 0.4) is 0 Å². The van der Waals surface area contributed by atoms with Gasteiger partial charge in [0.1, 0.15) is 0 Å². The van der Waals surface area contributed by atoms with E-state index in [2.05, 4.69) is 25.9 Å². The number of imide groups is 1. The molecule has 1 aliphatic heterocycles. The molecule has 4 amide bonds. The van der Waals surface area contributed by atoms with E-state index >= 15 is 0 Å². The van der Waals surface area contributed by atoms with Crippen LogP contribution >= 0.6 is 11.3 Å². The molecule has 0 bridgehead atoms. The van der Waals surface area contributed by atoms with Gasteiger partial charge in [0.2, 0.25) is 11.8 Å². The van der Waals surface area contributed by atoms with Gasteiger partial charge in [-0.15, -0.1) is 10.2 Å². The Morgan fingerprint density at radius 1 is 1.25 bits per heavy atom. The van der Waals surface area contributed by atoms with Gasteiger partial charge in [0.25, 0.3) is 0 Å². The summed E-state index contributed by atoms with van der Waals surface area (Å²) in [6.45, 7) is 0.735. The van der Waals surface area contributed by atoms with Crippen molar-refractivity contribution < 1.29 is 14.4 Å². The zero-order valence-electron chi connectivity index (χ0n) is 14.8. The lowest BCUT2D eigenvalue weighted by Gasteiger charge is -2.26. The van der Waals surface area contributed by atoms with Gasteiger partial charge in [-0.1, -0.05) is 0 Å². The largest absolute Gasteiger partial charge is 0.349 e. The minimum absolute atomic E-state index is 0.131.